The van der Waals surface area contributed by atoms with Crippen LogP contribution in [0.3, 0.4) is 0 Å². The molecule has 0 aliphatic carbocycles. The number of likely N-dealkylation sites (tertiary alicyclic amines) is 1. The standard InChI is InChI=1S/C26H23ClFN3/c27-23-16-29-25-11-10-20(19-8-6-18(7-9-19)17-31-12-3-13-31)14-22(25)26(23)30-15-21-4-1-2-5-24(21)28/h1-2,4-11,14,16H,3,12-13,15,17H2,(H,29,30). The van der Waals surface area contributed by atoms with Gasteiger partial charge in [-0.2, -0.15) is 0 Å². The molecule has 1 aliphatic heterocycles. The van der Waals surface area contributed by atoms with Crippen LogP contribution in [0.2, 0.25) is 5.02 Å². The van der Waals surface area contributed by atoms with E-state index < -0.39 is 0 Å². The van der Waals surface area contributed by atoms with Gasteiger partial charge in [-0.25, -0.2) is 4.39 Å². The first-order valence-electron chi connectivity index (χ1n) is 10.5. The molecule has 0 saturated carbocycles. The molecule has 1 saturated heterocycles. The Balaban J connectivity index is 1.44. The summed E-state index contributed by atoms with van der Waals surface area (Å²) in [4.78, 5) is 6.91. The van der Waals surface area contributed by atoms with Crippen molar-refractivity contribution in [3.8, 4) is 11.1 Å². The zero-order valence-corrected chi connectivity index (χ0v) is 17.9. The molecule has 0 bridgehead atoms. The summed E-state index contributed by atoms with van der Waals surface area (Å²) in [6.45, 7) is 3.76. The van der Waals surface area contributed by atoms with Crippen LogP contribution in [-0.2, 0) is 13.1 Å². The average molecular weight is 432 g/mol. The van der Waals surface area contributed by atoms with E-state index in [1.54, 1.807) is 18.3 Å². The molecule has 1 aromatic heterocycles. The van der Waals surface area contributed by atoms with E-state index in [1.165, 1.54) is 31.1 Å². The zero-order valence-electron chi connectivity index (χ0n) is 17.1. The van der Waals surface area contributed by atoms with Gasteiger partial charge in [-0.15, -0.1) is 0 Å². The lowest BCUT2D eigenvalue weighted by Crippen LogP contribution is -2.36. The molecule has 1 aliphatic rings. The Morgan fingerprint density at radius 1 is 0.968 bits per heavy atom. The van der Waals surface area contributed by atoms with Gasteiger partial charge in [0.05, 0.1) is 16.2 Å². The number of pyridine rings is 1. The van der Waals surface area contributed by atoms with Gasteiger partial charge in [-0.05, 0) is 54.4 Å². The fraction of sp³-hybridized carbons (Fsp3) is 0.192. The minimum Gasteiger partial charge on any atom is -0.379 e. The number of halogens is 2. The van der Waals surface area contributed by atoms with Crippen molar-refractivity contribution < 1.29 is 4.39 Å². The highest BCUT2D eigenvalue weighted by Crippen LogP contribution is 2.33. The maximum Gasteiger partial charge on any atom is 0.128 e. The summed E-state index contributed by atoms with van der Waals surface area (Å²) in [5.74, 6) is -0.233. The zero-order chi connectivity index (χ0) is 21.2. The van der Waals surface area contributed by atoms with Gasteiger partial charge in [0.15, 0.2) is 0 Å². The van der Waals surface area contributed by atoms with Crippen LogP contribution in [0.25, 0.3) is 22.0 Å². The summed E-state index contributed by atoms with van der Waals surface area (Å²) >= 11 is 6.47. The summed E-state index contributed by atoms with van der Waals surface area (Å²) < 4.78 is 14.0. The maximum absolute atomic E-state index is 14.0. The number of hydrogen-bond donors (Lipinski definition) is 1. The van der Waals surface area contributed by atoms with Crippen LogP contribution in [0.15, 0.2) is 72.9 Å². The lowest BCUT2D eigenvalue weighted by molar-refractivity contribution is 0.172. The summed E-state index contributed by atoms with van der Waals surface area (Å²) in [5, 5.41) is 4.76. The fourth-order valence-electron chi connectivity index (χ4n) is 3.95. The second-order valence-corrected chi connectivity index (χ2v) is 8.39. The first kappa shape index (κ1) is 20.0. The topological polar surface area (TPSA) is 28.2 Å². The third-order valence-corrected chi connectivity index (χ3v) is 6.16. The van der Waals surface area contributed by atoms with Crippen molar-refractivity contribution in [2.45, 2.75) is 19.5 Å². The average Bonchev–Trinajstić information content (AvgIpc) is 2.77. The van der Waals surface area contributed by atoms with Crippen molar-refractivity contribution in [3.63, 3.8) is 0 Å². The Morgan fingerprint density at radius 2 is 1.74 bits per heavy atom. The Labute approximate surface area is 186 Å². The highest BCUT2D eigenvalue weighted by molar-refractivity contribution is 6.34. The number of nitrogens with one attached hydrogen (secondary N) is 1. The molecule has 156 valence electrons. The summed E-state index contributed by atoms with van der Waals surface area (Å²) in [5.41, 5.74) is 5.79. The monoisotopic (exact) mass is 431 g/mol. The van der Waals surface area contributed by atoms with Gasteiger partial charge in [0.2, 0.25) is 0 Å². The van der Waals surface area contributed by atoms with Gasteiger partial charge in [0, 0.05) is 30.2 Å². The first-order chi connectivity index (χ1) is 15.2. The highest BCUT2D eigenvalue weighted by atomic mass is 35.5. The van der Waals surface area contributed by atoms with Crippen molar-refractivity contribution in [3.05, 3.63) is 94.9 Å². The fourth-order valence-corrected chi connectivity index (χ4v) is 4.17. The molecular weight excluding hydrogens is 409 g/mol. The molecule has 0 radical (unpaired) electrons. The second kappa shape index (κ2) is 8.66. The third kappa shape index (κ3) is 4.27. The van der Waals surface area contributed by atoms with Crippen LogP contribution in [0.5, 0.6) is 0 Å². The molecule has 3 aromatic carbocycles. The van der Waals surface area contributed by atoms with E-state index >= 15 is 0 Å². The Kier molecular flexibility index (Phi) is 5.58. The van der Waals surface area contributed by atoms with E-state index in [0.29, 0.717) is 17.1 Å². The van der Waals surface area contributed by atoms with E-state index in [9.17, 15) is 4.39 Å². The summed E-state index contributed by atoms with van der Waals surface area (Å²) in [6, 6.07) is 21.7. The smallest absolute Gasteiger partial charge is 0.128 e. The Hall–Kier alpha value is -2.95. The predicted molar refractivity (Wildman–Crippen MR) is 126 cm³/mol. The Morgan fingerprint density at radius 3 is 2.48 bits per heavy atom. The van der Waals surface area contributed by atoms with Crippen LogP contribution in [0, 0.1) is 5.82 Å². The minimum atomic E-state index is -0.233. The molecule has 4 aromatic rings. The molecule has 0 atom stereocenters. The van der Waals surface area contributed by atoms with Gasteiger partial charge in [-0.1, -0.05) is 60.1 Å². The van der Waals surface area contributed by atoms with Crippen LogP contribution >= 0.6 is 11.6 Å². The molecule has 0 spiro atoms. The van der Waals surface area contributed by atoms with E-state index in [0.717, 1.165) is 34.3 Å². The van der Waals surface area contributed by atoms with E-state index in [1.807, 2.05) is 12.1 Å². The van der Waals surface area contributed by atoms with Crippen molar-refractivity contribution >= 4 is 28.2 Å². The van der Waals surface area contributed by atoms with Crippen LogP contribution in [0.4, 0.5) is 10.1 Å². The number of anilines is 1. The van der Waals surface area contributed by atoms with E-state index in [-0.39, 0.29) is 5.82 Å². The van der Waals surface area contributed by atoms with E-state index in [2.05, 4.69) is 51.6 Å². The number of fused-ring (bicyclic) bond motifs is 1. The molecule has 5 rings (SSSR count). The molecule has 2 heterocycles. The number of rotatable bonds is 6. The van der Waals surface area contributed by atoms with Gasteiger partial charge in [-0.3, -0.25) is 9.88 Å². The van der Waals surface area contributed by atoms with Crippen LogP contribution in [0.1, 0.15) is 17.5 Å². The Bertz CT molecular complexity index is 1220. The second-order valence-electron chi connectivity index (χ2n) is 7.98. The van der Waals surface area contributed by atoms with Crippen molar-refractivity contribution in [2.75, 3.05) is 18.4 Å². The van der Waals surface area contributed by atoms with Crippen molar-refractivity contribution in [1.82, 2.24) is 9.88 Å². The molecule has 0 unspecified atom stereocenters. The lowest BCUT2D eigenvalue weighted by Gasteiger charge is -2.30. The molecule has 5 heteroatoms. The highest BCUT2D eigenvalue weighted by Gasteiger charge is 2.14. The minimum absolute atomic E-state index is 0.233. The first-order valence-corrected chi connectivity index (χ1v) is 10.9. The predicted octanol–water partition coefficient (Wildman–Crippen LogP) is 6.51. The van der Waals surface area contributed by atoms with Crippen molar-refractivity contribution in [1.29, 1.82) is 0 Å². The molecule has 31 heavy (non-hydrogen) atoms. The summed E-state index contributed by atoms with van der Waals surface area (Å²) in [6.07, 6.45) is 2.94. The van der Waals surface area contributed by atoms with Gasteiger partial charge < -0.3 is 5.32 Å². The normalized spacial score (nSPS) is 13.9. The van der Waals surface area contributed by atoms with Gasteiger partial charge >= 0.3 is 0 Å². The summed E-state index contributed by atoms with van der Waals surface area (Å²) in [7, 11) is 0. The quantitative estimate of drug-likeness (QED) is 0.377. The number of aromatic nitrogens is 1. The van der Waals surface area contributed by atoms with Crippen LogP contribution in [-0.4, -0.2) is 23.0 Å². The lowest BCUT2D eigenvalue weighted by atomic mass is 10.0. The SMILES string of the molecule is Fc1ccccc1CNc1c(Cl)cnc2ccc(-c3ccc(CN4CCC4)cc3)cc12. The maximum atomic E-state index is 14.0. The van der Waals surface area contributed by atoms with Crippen molar-refractivity contribution in [2.24, 2.45) is 0 Å². The molecule has 3 nitrogen and oxygen atoms in total. The number of benzene rings is 3. The van der Waals surface area contributed by atoms with Gasteiger partial charge in [0.25, 0.3) is 0 Å². The third-order valence-electron chi connectivity index (χ3n) is 5.88. The number of hydrogen-bond acceptors (Lipinski definition) is 3. The number of nitrogens with zero attached hydrogens (tertiary/aromatic N) is 2. The molecule has 1 N–H and O–H groups in total. The molecule has 1 fully saturated rings. The molecular formula is C26H23ClFN3. The van der Waals surface area contributed by atoms with E-state index in [4.69, 9.17) is 11.6 Å². The van der Waals surface area contributed by atoms with Gasteiger partial charge in [0.1, 0.15) is 5.82 Å². The molecule has 0 amide bonds. The van der Waals surface area contributed by atoms with Crippen LogP contribution < -0.4 is 5.32 Å². The largest absolute Gasteiger partial charge is 0.379 e.